The van der Waals surface area contributed by atoms with Crippen molar-refractivity contribution in [2.24, 2.45) is 5.41 Å². The molecular formula is C14H26O3. The highest BCUT2D eigenvalue weighted by atomic mass is 16.5. The Balaban J connectivity index is 2.39. The molecule has 1 rings (SSSR count). The van der Waals surface area contributed by atoms with Crippen molar-refractivity contribution in [3.8, 4) is 0 Å². The number of rotatable bonds is 5. The highest BCUT2D eigenvalue weighted by Gasteiger charge is 2.29. The number of hydrogen-bond donors (Lipinski definition) is 1. The Morgan fingerprint density at radius 3 is 2.29 bits per heavy atom. The molecule has 0 aromatic rings. The molecule has 0 aromatic heterocycles. The minimum atomic E-state index is -0.135. The van der Waals surface area contributed by atoms with Gasteiger partial charge in [0.15, 0.2) is 0 Å². The fourth-order valence-electron chi connectivity index (χ4n) is 2.85. The van der Waals surface area contributed by atoms with Gasteiger partial charge < -0.3 is 9.84 Å². The van der Waals surface area contributed by atoms with Gasteiger partial charge in [-0.2, -0.15) is 0 Å². The maximum atomic E-state index is 11.1. The Morgan fingerprint density at radius 1 is 1.18 bits per heavy atom. The Labute approximate surface area is 105 Å². The van der Waals surface area contributed by atoms with Gasteiger partial charge in [0.25, 0.3) is 0 Å². The summed E-state index contributed by atoms with van der Waals surface area (Å²) in [5.74, 6) is -0.135. The second-order valence-corrected chi connectivity index (χ2v) is 5.36. The lowest BCUT2D eigenvalue weighted by Crippen LogP contribution is -2.27. The van der Waals surface area contributed by atoms with E-state index in [1.54, 1.807) is 0 Å². The Kier molecular flexibility index (Phi) is 6.56. The van der Waals surface area contributed by atoms with Gasteiger partial charge in [-0.1, -0.05) is 32.1 Å². The zero-order valence-corrected chi connectivity index (χ0v) is 11.0. The van der Waals surface area contributed by atoms with E-state index in [9.17, 15) is 9.90 Å². The van der Waals surface area contributed by atoms with Gasteiger partial charge >= 0.3 is 5.97 Å². The molecule has 1 aliphatic carbocycles. The second kappa shape index (κ2) is 7.70. The number of hydrogen-bond acceptors (Lipinski definition) is 3. The van der Waals surface area contributed by atoms with Crippen molar-refractivity contribution >= 4 is 5.97 Å². The molecule has 3 heteroatoms. The molecule has 1 saturated carbocycles. The van der Waals surface area contributed by atoms with E-state index < -0.39 is 0 Å². The van der Waals surface area contributed by atoms with Crippen LogP contribution in [0.3, 0.4) is 0 Å². The van der Waals surface area contributed by atoms with Crippen LogP contribution in [-0.2, 0) is 9.53 Å². The number of carbonyl (C=O) groups excluding carboxylic acids is 1. The number of aliphatic hydroxyl groups excluding tert-OH is 1. The van der Waals surface area contributed by atoms with E-state index in [0.717, 1.165) is 25.7 Å². The van der Waals surface area contributed by atoms with Crippen LogP contribution >= 0.6 is 0 Å². The van der Waals surface area contributed by atoms with Crippen LogP contribution in [0.1, 0.15) is 64.2 Å². The zero-order valence-electron chi connectivity index (χ0n) is 11.0. The number of aliphatic hydroxyl groups is 1. The normalized spacial score (nSPS) is 20.4. The molecule has 0 aromatic carbocycles. The third kappa shape index (κ3) is 5.07. The maximum absolute atomic E-state index is 11.1. The quantitative estimate of drug-likeness (QED) is 0.754. The molecule has 100 valence electrons. The molecule has 0 amide bonds. The van der Waals surface area contributed by atoms with Gasteiger partial charge in [-0.15, -0.1) is 0 Å². The molecule has 0 bridgehead atoms. The van der Waals surface area contributed by atoms with Crippen LogP contribution in [0, 0.1) is 5.41 Å². The fraction of sp³-hybridized carbons (Fsp3) is 0.929. The summed E-state index contributed by atoms with van der Waals surface area (Å²) in [5, 5.41) is 9.66. The molecule has 3 nitrogen and oxygen atoms in total. The first-order valence-electron chi connectivity index (χ1n) is 6.90. The Bertz CT molecular complexity index is 218. The van der Waals surface area contributed by atoms with Gasteiger partial charge in [0.1, 0.15) is 0 Å². The number of carbonyl (C=O) groups is 1. The summed E-state index contributed by atoms with van der Waals surface area (Å²) in [4.78, 5) is 11.1. The standard InChI is InChI=1S/C14H26O3/c1-17-13(16)8-7-11-14(12-15)9-5-3-2-4-6-10-14/h15H,2-12H2,1H3. The van der Waals surface area contributed by atoms with Crippen LogP contribution in [0.2, 0.25) is 0 Å². The Hall–Kier alpha value is -0.570. The molecule has 1 aliphatic rings. The first-order chi connectivity index (χ1) is 8.22. The highest BCUT2D eigenvalue weighted by Crippen LogP contribution is 2.38. The lowest BCUT2D eigenvalue weighted by atomic mass is 9.73. The second-order valence-electron chi connectivity index (χ2n) is 5.36. The van der Waals surface area contributed by atoms with Crippen molar-refractivity contribution in [3.63, 3.8) is 0 Å². The lowest BCUT2D eigenvalue weighted by molar-refractivity contribution is -0.140. The molecule has 0 unspecified atom stereocenters. The predicted octanol–water partition coefficient (Wildman–Crippen LogP) is 3.05. The van der Waals surface area contributed by atoms with Crippen molar-refractivity contribution in [2.45, 2.75) is 64.2 Å². The first-order valence-corrected chi connectivity index (χ1v) is 6.90. The Morgan fingerprint density at radius 2 is 1.76 bits per heavy atom. The lowest BCUT2D eigenvalue weighted by Gasteiger charge is -2.33. The van der Waals surface area contributed by atoms with Crippen LogP contribution in [0.5, 0.6) is 0 Å². The molecule has 0 aliphatic heterocycles. The topological polar surface area (TPSA) is 46.5 Å². The smallest absolute Gasteiger partial charge is 0.305 e. The SMILES string of the molecule is COC(=O)CCCC1(CO)CCCCCCC1. The molecule has 17 heavy (non-hydrogen) atoms. The molecule has 0 radical (unpaired) electrons. The number of esters is 1. The highest BCUT2D eigenvalue weighted by molar-refractivity contribution is 5.68. The van der Waals surface area contributed by atoms with Gasteiger partial charge in [0, 0.05) is 13.0 Å². The fourth-order valence-corrected chi connectivity index (χ4v) is 2.85. The number of methoxy groups -OCH3 is 1. The van der Waals surface area contributed by atoms with Crippen molar-refractivity contribution in [1.82, 2.24) is 0 Å². The van der Waals surface area contributed by atoms with E-state index in [0.29, 0.717) is 6.42 Å². The summed E-state index contributed by atoms with van der Waals surface area (Å²) in [5.41, 5.74) is 0.0778. The third-order valence-electron chi connectivity index (χ3n) is 4.07. The predicted molar refractivity (Wildman–Crippen MR) is 67.7 cm³/mol. The van der Waals surface area contributed by atoms with Crippen LogP contribution < -0.4 is 0 Å². The molecule has 0 saturated heterocycles. The summed E-state index contributed by atoms with van der Waals surface area (Å²) in [6.07, 6.45) is 10.9. The summed E-state index contributed by atoms with van der Waals surface area (Å²) >= 11 is 0. The molecular weight excluding hydrogens is 216 g/mol. The zero-order chi connectivity index (χ0) is 12.6. The van der Waals surface area contributed by atoms with Crippen molar-refractivity contribution in [1.29, 1.82) is 0 Å². The van der Waals surface area contributed by atoms with Crippen LogP contribution in [-0.4, -0.2) is 24.8 Å². The summed E-state index contributed by atoms with van der Waals surface area (Å²) < 4.78 is 4.65. The van der Waals surface area contributed by atoms with Crippen molar-refractivity contribution in [3.05, 3.63) is 0 Å². The van der Waals surface area contributed by atoms with E-state index >= 15 is 0 Å². The van der Waals surface area contributed by atoms with Crippen LogP contribution in [0.25, 0.3) is 0 Å². The van der Waals surface area contributed by atoms with E-state index in [2.05, 4.69) is 4.74 Å². The maximum Gasteiger partial charge on any atom is 0.305 e. The molecule has 0 atom stereocenters. The minimum Gasteiger partial charge on any atom is -0.469 e. The van der Waals surface area contributed by atoms with E-state index in [-0.39, 0.29) is 18.0 Å². The monoisotopic (exact) mass is 242 g/mol. The van der Waals surface area contributed by atoms with Crippen LogP contribution in [0.4, 0.5) is 0 Å². The molecule has 1 fully saturated rings. The molecule has 1 N–H and O–H groups in total. The van der Waals surface area contributed by atoms with E-state index in [1.807, 2.05) is 0 Å². The van der Waals surface area contributed by atoms with Gasteiger partial charge in [-0.05, 0) is 31.1 Å². The average molecular weight is 242 g/mol. The minimum absolute atomic E-state index is 0.0778. The van der Waals surface area contributed by atoms with Gasteiger partial charge in [-0.3, -0.25) is 4.79 Å². The van der Waals surface area contributed by atoms with Crippen LogP contribution in [0.15, 0.2) is 0 Å². The van der Waals surface area contributed by atoms with Crippen molar-refractivity contribution in [2.75, 3.05) is 13.7 Å². The van der Waals surface area contributed by atoms with E-state index in [4.69, 9.17) is 0 Å². The summed E-state index contributed by atoms with van der Waals surface area (Å²) in [6, 6.07) is 0. The van der Waals surface area contributed by atoms with Gasteiger partial charge in [-0.25, -0.2) is 0 Å². The molecule has 0 spiro atoms. The average Bonchev–Trinajstić information content (AvgIpc) is 2.32. The summed E-state index contributed by atoms with van der Waals surface area (Å²) in [6.45, 7) is 0.272. The number of ether oxygens (including phenoxy) is 1. The van der Waals surface area contributed by atoms with Gasteiger partial charge in [0.05, 0.1) is 7.11 Å². The van der Waals surface area contributed by atoms with E-state index in [1.165, 1.54) is 39.2 Å². The summed E-state index contributed by atoms with van der Waals surface area (Å²) in [7, 11) is 1.43. The first kappa shape index (κ1) is 14.5. The third-order valence-corrected chi connectivity index (χ3v) is 4.07. The van der Waals surface area contributed by atoms with Crippen molar-refractivity contribution < 1.29 is 14.6 Å². The van der Waals surface area contributed by atoms with Gasteiger partial charge in [0.2, 0.25) is 0 Å². The largest absolute Gasteiger partial charge is 0.469 e. The molecule has 0 heterocycles.